The second kappa shape index (κ2) is 11.6. The summed E-state index contributed by atoms with van der Waals surface area (Å²) in [5, 5.41) is 34.1. The van der Waals surface area contributed by atoms with Crippen molar-refractivity contribution < 1.29 is 57.0 Å². The molecule has 0 bridgehead atoms. The van der Waals surface area contributed by atoms with Crippen molar-refractivity contribution in [3.63, 3.8) is 0 Å². The van der Waals surface area contributed by atoms with Crippen LogP contribution < -0.4 is 0 Å². The summed E-state index contributed by atoms with van der Waals surface area (Å²) in [4.78, 5) is -3.36. The molecule has 0 aliphatic heterocycles. The second-order valence-electron chi connectivity index (χ2n) is 8.70. The highest BCUT2D eigenvalue weighted by Gasteiger charge is 2.26. The third kappa shape index (κ3) is 7.33. The van der Waals surface area contributed by atoms with Crippen LogP contribution in [-0.2, 0) is 40.5 Å². The minimum Gasteiger partial charge on any atom is -0.505 e. The van der Waals surface area contributed by atoms with Gasteiger partial charge in [0, 0.05) is 5.39 Å². The molecule has 0 fully saturated rings. The Labute approximate surface area is 253 Å². The standard InChI is InChI=1S/C23H15N5O13S4/c24-11-13-8-17(43(33,34)35)7-12-9-20(45(39,40)41)22(23(29)21(12)13)28-27-18-6-3-15(10-19(18)44(36,37)38)26-25-14-1-4-16(5-2-14)42(30,31)32/h1-10,29H,(H,30,31,32)(H,33,34,35)(H,36,37,38)(H,39,40,41)/b26-25+,28-27+. The number of hydrogen-bond acceptors (Lipinski definition) is 14. The fourth-order valence-electron chi connectivity index (χ4n) is 3.75. The minimum atomic E-state index is -5.26. The summed E-state index contributed by atoms with van der Waals surface area (Å²) in [6, 6.07) is 10.8. The highest BCUT2D eigenvalue weighted by atomic mass is 32.2. The number of nitrogens with zero attached hydrogens (tertiary/aromatic N) is 5. The molecule has 0 atom stereocenters. The molecule has 0 aliphatic carbocycles. The van der Waals surface area contributed by atoms with Gasteiger partial charge in [0.2, 0.25) is 0 Å². The lowest BCUT2D eigenvalue weighted by molar-refractivity contribution is 0.471. The van der Waals surface area contributed by atoms with Crippen LogP contribution in [-0.4, -0.2) is 57.0 Å². The monoisotopic (exact) mass is 697 g/mol. The summed E-state index contributed by atoms with van der Waals surface area (Å²) < 4.78 is 132. The van der Waals surface area contributed by atoms with Crippen molar-refractivity contribution in [3.8, 4) is 11.8 Å². The van der Waals surface area contributed by atoms with E-state index in [0.717, 1.165) is 30.3 Å². The maximum Gasteiger partial charge on any atom is 0.296 e. The van der Waals surface area contributed by atoms with Crippen molar-refractivity contribution in [1.82, 2.24) is 0 Å². The fourth-order valence-corrected chi connectivity index (χ4v) is 6.07. The molecule has 18 nitrogen and oxygen atoms in total. The minimum absolute atomic E-state index is 0.0736. The molecule has 0 spiro atoms. The molecule has 0 aliphatic rings. The van der Waals surface area contributed by atoms with Gasteiger partial charge >= 0.3 is 0 Å². The van der Waals surface area contributed by atoms with Crippen LogP contribution in [0, 0.1) is 11.3 Å². The van der Waals surface area contributed by atoms with Crippen molar-refractivity contribution in [1.29, 1.82) is 5.26 Å². The van der Waals surface area contributed by atoms with Gasteiger partial charge in [-0.2, -0.15) is 49.2 Å². The van der Waals surface area contributed by atoms with Crippen molar-refractivity contribution in [2.24, 2.45) is 20.5 Å². The molecule has 0 saturated heterocycles. The van der Waals surface area contributed by atoms with Crippen LogP contribution in [0.3, 0.4) is 0 Å². The molecule has 0 radical (unpaired) electrons. The first kappa shape index (κ1) is 33.2. The summed E-state index contributed by atoms with van der Waals surface area (Å²) in [6.45, 7) is 0. The normalized spacial score (nSPS) is 13.0. The first-order valence-corrected chi connectivity index (χ1v) is 17.2. The van der Waals surface area contributed by atoms with E-state index in [4.69, 9.17) is 4.55 Å². The van der Waals surface area contributed by atoms with Crippen molar-refractivity contribution in [2.45, 2.75) is 19.6 Å². The molecule has 0 saturated carbocycles. The van der Waals surface area contributed by atoms with Gasteiger partial charge < -0.3 is 5.11 Å². The quantitative estimate of drug-likeness (QED) is 0.127. The molecule has 22 heteroatoms. The van der Waals surface area contributed by atoms with Crippen LogP contribution >= 0.6 is 0 Å². The number of fused-ring (bicyclic) bond motifs is 1. The smallest absolute Gasteiger partial charge is 0.296 e. The average Bonchev–Trinajstić information content (AvgIpc) is 2.93. The van der Waals surface area contributed by atoms with Gasteiger partial charge in [0.05, 0.1) is 32.8 Å². The van der Waals surface area contributed by atoms with E-state index >= 15 is 0 Å². The van der Waals surface area contributed by atoms with E-state index < -0.39 is 93.5 Å². The number of rotatable bonds is 8. The summed E-state index contributed by atoms with van der Waals surface area (Å²) in [5.74, 6) is -1.11. The van der Waals surface area contributed by atoms with Crippen molar-refractivity contribution in [2.75, 3.05) is 0 Å². The third-order valence-corrected chi connectivity index (χ3v) is 9.16. The zero-order chi connectivity index (χ0) is 33.5. The van der Waals surface area contributed by atoms with E-state index in [9.17, 15) is 57.7 Å². The molecule has 45 heavy (non-hydrogen) atoms. The maximum absolute atomic E-state index is 12.1. The van der Waals surface area contributed by atoms with E-state index in [0.29, 0.717) is 18.2 Å². The number of azo groups is 2. The lowest BCUT2D eigenvalue weighted by Crippen LogP contribution is -2.02. The van der Waals surface area contributed by atoms with Crippen molar-refractivity contribution in [3.05, 3.63) is 66.2 Å². The Balaban J connectivity index is 1.85. The number of aromatic hydroxyl groups is 1. The first-order valence-electron chi connectivity index (χ1n) is 11.4. The van der Waals surface area contributed by atoms with E-state index in [1.807, 2.05) is 0 Å². The zero-order valence-electron chi connectivity index (χ0n) is 21.6. The average molecular weight is 698 g/mol. The predicted octanol–water partition coefficient (Wildman–Crippen LogP) is 4.23. The molecule has 5 N–H and O–H groups in total. The summed E-state index contributed by atoms with van der Waals surface area (Å²) in [6.07, 6.45) is 0. The van der Waals surface area contributed by atoms with Gasteiger partial charge in [0.15, 0.2) is 5.75 Å². The molecule has 0 heterocycles. The van der Waals surface area contributed by atoms with Crippen LogP contribution in [0.5, 0.6) is 5.75 Å². The van der Waals surface area contributed by atoms with Gasteiger partial charge in [-0.05, 0) is 66.0 Å². The predicted molar refractivity (Wildman–Crippen MR) is 151 cm³/mol. The van der Waals surface area contributed by atoms with Crippen LogP contribution in [0.15, 0.2) is 101 Å². The largest absolute Gasteiger partial charge is 0.505 e. The van der Waals surface area contributed by atoms with Crippen LogP contribution in [0.2, 0.25) is 0 Å². The molecule has 0 unspecified atom stereocenters. The molecule has 0 amide bonds. The van der Waals surface area contributed by atoms with Gasteiger partial charge in [0.1, 0.15) is 21.2 Å². The van der Waals surface area contributed by atoms with Crippen molar-refractivity contribution >= 4 is 74.0 Å². The molecule has 4 rings (SSSR count). The Morgan fingerprint density at radius 1 is 0.578 bits per heavy atom. The Morgan fingerprint density at radius 2 is 1.13 bits per heavy atom. The van der Waals surface area contributed by atoms with Gasteiger partial charge in [0.25, 0.3) is 40.5 Å². The van der Waals surface area contributed by atoms with Gasteiger partial charge in [-0.25, -0.2) is 0 Å². The SMILES string of the molecule is N#Cc1cc(S(=O)(=O)O)cc2cc(S(=O)(=O)O)c(/N=N/c3ccc(/N=N/c4ccc(S(=O)(=O)O)cc4)cc3S(=O)(=O)O)c(O)c12. The number of phenols is 1. The first-order chi connectivity index (χ1) is 20.7. The third-order valence-electron chi connectivity index (χ3n) is 5.71. The molecule has 234 valence electrons. The molecular weight excluding hydrogens is 683 g/mol. The van der Waals surface area contributed by atoms with Gasteiger partial charge in [-0.3, -0.25) is 18.2 Å². The lowest BCUT2D eigenvalue weighted by Gasteiger charge is -2.11. The lowest BCUT2D eigenvalue weighted by atomic mass is 10.0. The summed E-state index contributed by atoms with van der Waals surface area (Å²) in [5.41, 5.74) is -2.35. The Morgan fingerprint density at radius 3 is 1.67 bits per heavy atom. The molecule has 4 aromatic rings. The molecular formula is C23H15N5O13S4. The zero-order valence-corrected chi connectivity index (χ0v) is 24.9. The maximum atomic E-state index is 12.1. The molecule has 0 aromatic heterocycles. The number of nitriles is 1. The Kier molecular flexibility index (Phi) is 8.59. The van der Waals surface area contributed by atoms with Crippen LogP contribution in [0.4, 0.5) is 22.7 Å². The highest BCUT2D eigenvalue weighted by Crippen LogP contribution is 2.44. The number of hydrogen-bond donors (Lipinski definition) is 5. The topological polar surface area (TPSA) is 311 Å². The van der Waals surface area contributed by atoms with Gasteiger partial charge in [-0.15, -0.1) is 10.2 Å². The number of phenolic OH excluding ortho intramolecular Hbond substituents is 1. The van der Waals surface area contributed by atoms with Crippen LogP contribution in [0.1, 0.15) is 5.56 Å². The van der Waals surface area contributed by atoms with E-state index in [1.54, 1.807) is 6.07 Å². The fraction of sp³-hybridized carbons (Fsp3) is 0. The Bertz CT molecular complexity index is 2440. The summed E-state index contributed by atoms with van der Waals surface area (Å²) >= 11 is 0. The Hall–Kier alpha value is -4.73. The van der Waals surface area contributed by atoms with Crippen LogP contribution in [0.25, 0.3) is 10.8 Å². The van der Waals surface area contributed by atoms with E-state index in [1.165, 1.54) is 12.1 Å². The van der Waals surface area contributed by atoms with Gasteiger partial charge in [-0.1, -0.05) is 0 Å². The van der Waals surface area contributed by atoms with E-state index in [2.05, 4.69) is 20.5 Å². The second-order valence-corrected chi connectivity index (χ2v) is 14.3. The molecule has 4 aromatic carbocycles. The summed E-state index contributed by atoms with van der Waals surface area (Å²) in [7, 11) is -19.7. The highest BCUT2D eigenvalue weighted by molar-refractivity contribution is 7.86. The number of benzene rings is 4. The van der Waals surface area contributed by atoms with E-state index in [-0.39, 0.29) is 11.4 Å².